The molecule has 0 aliphatic carbocycles. The summed E-state index contributed by atoms with van der Waals surface area (Å²) in [6.45, 7) is 21.3. The van der Waals surface area contributed by atoms with E-state index >= 15 is 0 Å². The molecule has 1 aliphatic heterocycles. The monoisotopic (exact) mass is 589 g/mol. The van der Waals surface area contributed by atoms with Crippen molar-refractivity contribution in [3.8, 4) is 0 Å². The third kappa shape index (κ3) is 18.4. The number of rotatable bonds is 26. The Bertz CT molecular complexity index is 741. The first-order valence-corrected chi connectivity index (χ1v) is 18.9. The number of unbranched alkanes of at least 4 members (excludes halogenated alkanes) is 13. The molecule has 0 spiro atoms. The van der Waals surface area contributed by atoms with E-state index in [2.05, 4.69) is 86.7 Å². The van der Waals surface area contributed by atoms with Crippen molar-refractivity contribution in [2.24, 2.45) is 5.92 Å². The molecule has 2 rings (SSSR count). The SMILES string of the molecule is CCCCC(CC)C[n+]1ccn(CCCC)c1.CCCCCCCCCCCC[N+]1(CCCC)C=CN(CCCC)C1. The molecule has 4 heteroatoms. The van der Waals surface area contributed by atoms with Gasteiger partial charge >= 0.3 is 0 Å². The van der Waals surface area contributed by atoms with Crippen LogP contribution < -0.4 is 4.57 Å². The van der Waals surface area contributed by atoms with Gasteiger partial charge in [0.25, 0.3) is 0 Å². The Morgan fingerprint density at radius 3 is 1.83 bits per heavy atom. The van der Waals surface area contributed by atoms with Crippen LogP contribution in [-0.2, 0) is 13.1 Å². The predicted molar refractivity (Wildman–Crippen MR) is 185 cm³/mol. The van der Waals surface area contributed by atoms with Crippen molar-refractivity contribution >= 4 is 0 Å². The van der Waals surface area contributed by atoms with E-state index in [1.165, 1.54) is 166 Å². The van der Waals surface area contributed by atoms with Crippen LogP contribution in [0, 0.1) is 5.92 Å². The van der Waals surface area contributed by atoms with Gasteiger partial charge in [-0.25, -0.2) is 9.13 Å². The Hall–Kier alpha value is -1.29. The minimum Gasteiger partial charge on any atom is -0.326 e. The lowest BCUT2D eigenvalue weighted by atomic mass is 9.99. The van der Waals surface area contributed by atoms with Gasteiger partial charge in [-0.15, -0.1) is 0 Å². The topological polar surface area (TPSA) is 12.0 Å². The Morgan fingerprint density at radius 2 is 1.21 bits per heavy atom. The van der Waals surface area contributed by atoms with Crippen molar-refractivity contribution in [1.29, 1.82) is 0 Å². The summed E-state index contributed by atoms with van der Waals surface area (Å²) >= 11 is 0. The highest BCUT2D eigenvalue weighted by atomic mass is 15.5. The lowest BCUT2D eigenvalue weighted by Crippen LogP contribution is -2.46. The van der Waals surface area contributed by atoms with Gasteiger partial charge in [0, 0.05) is 6.54 Å². The molecule has 2 unspecified atom stereocenters. The highest BCUT2D eigenvalue weighted by Crippen LogP contribution is 2.22. The normalized spacial score (nSPS) is 17.0. The number of quaternary nitrogens is 1. The molecule has 42 heavy (non-hydrogen) atoms. The second kappa shape index (κ2) is 26.1. The number of nitrogens with zero attached hydrogens (tertiary/aromatic N) is 4. The number of imidazole rings is 1. The smallest absolute Gasteiger partial charge is 0.243 e. The van der Waals surface area contributed by atoms with Crippen LogP contribution in [0.2, 0.25) is 0 Å². The van der Waals surface area contributed by atoms with Gasteiger partial charge in [-0.05, 0) is 50.9 Å². The molecule has 0 N–H and O–H groups in total. The maximum Gasteiger partial charge on any atom is 0.243 e. The summed E-state index contributed by atoms with van der Waals surface area (Å²) in [5.41, 5.74) is 0. The predicted octanol–water partition coefficient (Wildman–Crippen LogP) is 10.9. The molecule has 0 bridgehead atoms. The largest absolute Gasteiger partial charge is 0.326 e. The molecule has 0 fully saturated rings. The van der Waals surface area contributed by atoms with Crippen molar-refractivity contribution in [2.45, 2.75) is 183 Å². The van der Waals surface area contributed by atoms with Crippen LogP contribution >= 0.6 is 0 Å². The molecular formula is C38H76N4+2. The van der Waals surface area contributed by atoms with E-state index in [0.717, 1.165) is 12.5 Å². The minimum absolute atomic E-state index is 0.849. The van der Waals surface area contributed by atoms with E-state index < -0.39 is 0 Å². The average Bonchev–Trinajstić information content (AvgIpc) is 3.64. The van der Waals surface area contributed by atoms with E-state index in [1.54, 1.807) is 0 Å². The summed E-state index contributed by atoms with van der Waals surface area (Å²) in [5, 5.41) is 0. The fraction of sp³-hybridized carbons (Fsp3) is 0.868. The zero-order valence-electron chi connectivity index (χ0n) is 29.6. The van der Waals surface area contributed by atoms with Crippen LogP contribution in [0.15, 0.2) is 31.1 Å². The highest BCUT2D eigenvalue weighted by molar-refractivity contribution is 4.82. The van der Waals surface area contributed by atoms with E-state index in [-0.39, 0.29) is 0 Å². The molecular weight excluding hydrogens is 512 g/mol. The Labute approximate surface area is 264 Å². The molecule has 1 aromatic rings. The molecule has 4 nitrogen and oxygen atoms in total. The average molecular weight is 589 g/mol. The van der Waals surface area contributed by atoms with Crippen molar-refractivity contribution in [2.75, 3.05) is 26.3 Å². The number of hydrogen-bond donors (Lipinski definition) is 0. The molecule has 2 atom stereocenters. The van der Waals surface area contributed by atoms with Crippen LogP contribution in [0.25, 0.3) is 0 Å². The lowest BCUT2D eigenvalue weighted by molar-refractivity contribution is -0.881. The van der Waals surface area contributed by atoms with Gasteiger partial charge in [0.05, 0.1) is 32.4 Å². The number of aryl methyl sites for hydroxylation is 1. The molecule has 0 radical (unpaired) electrons. The zero-order chi connectivity index (χ0) is 30.7. The summed E-state index contributed by atoms with van der Waals surface area (Å²) in [6, 6.07) is 0. The van der Waals surface area contributed by atoms with Crippen LogP contribution in [0.3, 0.4) is 0 Å². The fourth-order valence-corrected chi connectivity index (χ4v) is 6.22. The van der Waals surface area contributed by atoms with Crippen molar-refractivity contribution in [3.05, 3.63) is 31.1 Å². The summed E-state index contributed by atoms with van der Waals surface area (Å²) < 4.78 is 5.91. The van der Waals surface area contributed by atoms with Gasteiger partial charge in [-0.1, -0.05) is 125 Å². The van der Waals surface area contributed by atoms with E-state index in [9.17, 15) is 0 Å². The van der Waals surface area contributed by atoms with Crippen molar-refractivity contribution in [1.82, 2.24) is 9.47 Å². The van der Waals surface area contributed by atoms with Crippen LogP contribution in [-0.4, -0.2) is 40.3 Å². The number of aromatic nitrogens is 2. The second-order valence-corrected chi connectivity index (χ2v) is 13.4. The molecule has 0 saturated carbocycles. The fourth-order valence-electron chi connectivity index (χ4n) is 6.22. The lowest BCUT2D eigenvalue weighted by Gasteiger charge is -2.33. The summed E-state index contributed by atoms with van der Waals surface area (Å²) in [4.78, 5) is 2.56. The Kier molecular flexibility index (Phi) is 24.1. The van der Waals surface area contributed by atoms with Gasteiger partial charge in [-0.2, -0.15) is 0 Å². The van der Waals surface area contributed by atoms with Gasteiger partial charge in [0.1, 0.15) is 18.6 Å². The maximum absolute atomic E-state index is 2.56. The van der Waals surface area contributed by atoms with Crippen molar-refractivity contribution < 1.29 is 9.05 Å². The molecule has 2 heterocycles. The van der Waals surface area contributed by atoms with Gasteiger partial charge in [0.2, 0.25) is 6.33 Å². The van der Waals surface area contributed by atoms with Gasteiger partial charge in [-0.3, -0.25) is 4.48 Å². The quantitative estimate of drug-likeness (QED) is 0.0595. The first-order valence-electron chi connectivity index (χ1n) is 18.9. The van der Waals surface area contributed by atoms with E-state index in [0.29, 0.717) is 0 Å². The molecule has 0 amide bonds. The molecule has 1 aliphatic rings. The van der Waals surface area contributed by atoms with Gasteiger partial charge < -0.3 is 4.90 Å². The molecule has 246 valence electrons. The maximum atomic E-state index is 2.56. The molecule has 0 aromatic carbocycles. The van der Waals surface area contributed by atoms with Crippen molar-refractivity contribution in [3.63, 3.8) is 0 Å². The summed E-state index contributed by atoms with van der Waals surface area (Å²) in [5.74, 6) is 0.849. The number of hydrogen-bond acceptors (Lipinski definition) is 1. The second-order valence-electron chi connectivity index (χ2n) is 13.4. The first kappa shape index (κ1) is 38.7. The van der Waals surface area contributed by atoms with E-state index in [1.807, 2.05) is 0 Å². The standard InChI is InChI=1S/C23H47N2.C15H29N2/c1-4-7-10-11-12-13-14-15-16-17-21-25(20-9-6-3)22-19-24(23-25)18-8-5-2;1-4-7-9-15(6-3)13-17-12-11-16(14-17)10-8-5-2/h19,22H,4-18,20-21,23H2,1-3H3;11-12,14-15H,4-10,13H2,1-3H3/q2*+1. The van der Waals surface area contributed by atoms with E-state index in [4.69, 9.17) is 0 Å². The Morgan fingerprint density at radius 1 is 0.643 bits per heavy atom. The third-order valence-corrected chi connectivity index (χ3v) is 9.30. The van der Waals surface area contributed by atoms with Crippen LogP contribution in [0.4, 0.5) is 0 Å². The summed E-state index contributed by atoms with van der Waals surface area (Å²) in [7, 11) is 0. The minimum atomic E-state index is 0.849. The Balaban J connectivity index is 0.000000452. The molecule has 1 aromatic heterocycles. The van der Waals surface area contributed by atoms with Crippen LogP contribution in [0.5, 0.6) is 0 Å². The summed E-state index contributed by atoms with van der Waals surface area (Å²) in [6.07, 6.45) is 39.2. The van der Waals surface area contributed by atoms with Crippen LogP contribution in [0.1, 0.15) is 170 Å². The van der Waals surface area contributed by atoms with Gasteiger partial charge in [0.15, 0.2) is 6.67 Å². The third-order valence-electron chi connectivity index (χ3n) is 9.30. The highest BCUT2D eigenvalue weighted by Gasteiger charge is 2.30. The zero-order valence-corrected chi connectivity index (χ0v) is 29.6. The molecule has 0 saturated heterocycles. The first-order chi connectivity index (χ1) is 20.6.